The smallest absolute Gasteiger partial charge is 0.309 e. The predicted octanol–water partition coefficient (Wildman–Crippen LogP) is 3.95. The van der Waals surface area contributed by atoms with Crippen molar-refractivity contribution in [1.82, 2.24) is 10.2 Å². The number of piperidine rings is 1. The van der Waals surface area contributed by atoms with Crippen LogP contribution in [0.15, 0.2) is 33.7 Å². The van der Waals surface area contributed by atoms with E-state index in [1.54, 1.807) is 0 Å². The summed E-state index contributed by atoms with van der Waals surface area (Å²) in [4.78, 5) is 18.6. The molecule has 0 radical (unpaired) electrons. The predicted molar refractivity (Wildman–Crippen MR) is 123 cm³/mol. The second kappa shape index (κ2) is 10.1. The molecule has 7 heteroatoms. The van der Waals surface area contributed by atoms with Crippen LogP contribution in [0.4, 0.5) is 0 Å². The van der Waals surface area contributed by atoms with E-state index >= 15 is 0 Å². The van der Waals surface area contributed by atoms with Crippen molar-refractivity contribution in [3.05, 3.63) is 34.3 Å². The van der Waals surface area contributed by atoms with E-state index in [0.29, 0.717) is 6.61 Å². The molecule has 1 saturated heterocycles. The molecule has 1 saturated carbocycles. The first kappa shape index (κ1) is 22.5. The molecule has 0 aromatic heterocycles. The highest BCUT2D eigenvalue weighted by molar-refractivity contribution is 14.0. The monoisotopic (exact) mass is 549 g/mol. The molecule has 0 spiro atoms. The SMILES string of the molecule is CCOC(=O)C1CCN(C(=NC)NCC2(c3ccccc3Br)CC2)CC1.I. The number of esters is 1. The minimum atomic E-state index is -0.0547. The molecule has 0 amide bonds. The van der Waals surface area contributed by atoms with Crippen LogP contribution < -0.4 is 5.32 Å². The molecule has 2 fully saturated rings. The normalized spacial score (nSPS) is 19.2. The molecule has 0 atom stereocenters. The molecule has 1 heterocycles. The summed E-state index contributed by atoms with van der Waals surface area (Å²) in [6, 6.07) is 8.50. The van der Waals surface area contributed by atoms with Crippen LogP contribution >= 0.6 is 39.9 Å². The van der Waals surface area contributed by atoms with Gasteiger partial charge in [-0.05, 0) is 44.2 Å². The molecule has 1 aromatic carbocycles. The number of hydrogen-bond acceptors (Lipinski definition) is 3. The largest absolute Gasteiger partial charge is 0.466 e. The zero-order valence-corrected chi connectivity index (χ0v) is 20.0. The first-order valence-corrected chi connectivity index (χ1v) is 10.3. The molecule has 1 aliphatic carbocycles. The van der Waals surface area contributed by atoms with Crippen LogP contribution in [0, 0.1) is 5.92 Å². The number of nitrogens with zero attached hydrogens (tertiary/aromatic N) is 2. The van der Waals surface area contributed by atoms with E-state index in [9.17, 15) is 4.79 Å². The Bertz CT molecular complexity index is 671. The van der Waals surface area contributed by atoms with Gasteiger partial charge in [-0.15, -0.1) is 24.0 Å². The number of halogens is 2. The van der Waals surface area contributed by atoms with E-state index in [1.807, 2.05) is 14.0 Å². The van der Waals surface area contributed by atoms with E-state index in [0.717, 1.165) is 38.4 Å². The van der Waals surface area contributed by atoms with Crippen LogP contribution in [0.2, 0.25) is 0 Å². The molecule has 0 unspecified atom stereocenters. The van der Waals surface area contributed by atoms with Crippen molar-refractivity contribution in [2.75, 3.05) is 33.3 Å². The second-order valence-electron chi connectivity index (χ2n) is 7.17. The lowest BCUT2D eigenvalue weighted by Crippen LogP contribution is -2.48. The van der Waals surface area contributed by atoms with Crippen molar-refractivity contribution < 1.29 is 9.53 Å². The summed E-state index contributed by atoms with van der Waals surface area (Å²) in [5.74, 6) is 0.908. The molecule has 1 N–H and O–H groups in total. The Morgan fingerprint density at radius 2 is 2.00 bits per heavy atom. The maximum absolute atomic E-state index is 11.9. The van der Waals surface area contributed by atoms with E-state index in [-0.39, 0.29) is 41.3 Å². The van der Waals surface area contributed by atoms with Crippen LogP contribution in [-0.4, -0.2) is 50.1 Å². The lowest BCUT2D eigenvalue weighted by Gasteiger charge is -2.34. The Hall–Kier alpha value is -0.830. The van der Waals surface area contributed by atoms with Crippen molar-refractivity contribution in [1.29, 1.82) is 0 Å². The van der Waals surface area contributed by atoms with Crippen LogP contribution in [0.25, 0.3) is 0 Å². The summed E-state index contributed by atoms with van der Waals surface area (Å²) in [6.45, 7) is 4.88. The number of ether oxygens (including phenoxy) is 1. The summed E-state index contributed by atoms with van der Waals surface area (Å²) in [6.07, 6.45) is 4.05. The highest BCUT2D eigenvalue weighted by Crippen LogP contribution is 2.49. The minimum absolute atomic E-state index is 0. The van der Waals surface area contributed by atoms with E-state index < -0.39 is 0 Å². The number of carbonyl (C=O) groups is 1. The zero-order valence-electron chi connectivity index (χ0n) is 16.0. The number of likely N-dealkylation sites (tertiary alicyclic amines) is 1. The van der Waals surface area contributed by atoms with E-state index in [2.05, 4.69) is 55.4 Å². The number of carbonyl (C=O) groups excluding carboxylic acids is 1. The highest BCUT2D eigenvalue weighted by atomic mass is 127. The first-order valence-electron chi connectivity index (χ1n) is 9.47. The summed E-state index contributed by atoms with van der Waals surface area (Å²) in [7, 11) is 1.83. The standard InChI is InChI=1S/C20H28BrN3O2.HI/c1-3-26-18(25)15-8-12-24(13-9-15)19(22-2)23-14-20(10-11-20)16-6-4-5-7-17(16)21;/h4-7,15H,3,8-14H2,1-2H3,(H,22,23);1H. The summed E-state index contributed by atoms with van der Waals surface area (Å²) < 4.78 is 6.34. The number of guanidine groups is 1. The van der Waals surface area contributed by atoms with Crippen molar-refractivity contribution in [2.45, 2.75) is 38.0 Å². The molecule has 2 aliphatic rings. The molecule has 1 aromatic rings. The minimum Gasteiger partial charge on any atom is -0.466 e. The number of nitrogens with one attached hydrogen (secondary N) is 1. The van der Waals surface area contributed by atoms with Gasteiger partial charge < -0.3 is 15.0 Å². The average Bonchev–Trinajstić information content (AvgIpc) is 3.44. The summed E-state index contributed by atoms with van der Waals surface area (Å²) in [5.41, 5.74) is 1.59. The third-order valence-electron chi connectivity index (χ3n) is 5.51. The fraction of sp³-hybridized carbons (Fsp3) is 0.600. The van der Waals surface area contributed by atoms with E-state index in [1.165, 1.54) is 22.9 Å². The quantitative estimate of drug-likeness (QED) is 0.261. The van der Waals surface area contributed by atoms with Gasteiger partial charge in [-0.3, -0.25) is 9.79 Å². The van der Waals surface area contributed by atoms with Crippen molar-refractivity contribution >= 4 is 51.8 Å². The Balaban J connectivity index is 0.00000261. The van der Waals surface area contributed by atoms with Gasteiger partial charge in [0.1, 0.15) is 0 Å². The Kier molecular flexibility index (Phi) is 8.39. The van der Waals surface area contributed by atoms with Crippen molar-refractivity contribution in [3.63, 3.8) is 0 Å². The fourth-order valence-corrected chi connectivity index (χ4v) is 4.46. The van der Waals surface area contributed by atoms with Crippen molar-refractivity contribution in [2.24, 2.45) is 10.9 Å². The number of rotatable bonds is 5. The van der Waals surface area contributed by atoms with Crippen LogP contribution in [0.5, 0.6) is 0 Å². The highest BCUT2D eigenvalue weighted by Gasteiger charge is 2.45. The molecule has 150 valence electrons. The topological polar surface area (TPSA) is 53.9 Å². The lowest BCUT2D eigenvalue weighted by atomic mass is 9.95. The first-order chi connectivity index (χ1) is 12.6. The van der Waals surface area contributed by atoms with Gasteiger partial charge in [0.25, 0.3) is 0 Å². The molecular formula is C20H29BrIN3O2. The molecule has 3 rings (SSSR count). The summed E-state index contributed by atoms with van der Waals surface area (Å²) >= 11 is 3.69. The van der Waals surface area contributed by atoms with Gasteiger partial charge in [0.2, 0.25) is 0 Å². The summed E-state index contributed by atoms with van der Waals surface area (Å²) in [5, 5.41) is 3.58. The van der Waals surface area contributed by atoms with Crippen LogP contribution in [0.3, 0.4) is 0 Å². The Labute approximate surface area is 187 Å². The molecular weight excluding hydrogens is 521 g/mol. The van der Waals surface area contributed by atoms with Gasteiger partial charge in [0.15, 0.2) is 5.96 Å². The second-order valence-corrected chi connectivity index (χ2v) is 8.03. The number of aliphatic imine (C=N–C) groups is 1. The van der Waals surface area contributed by atoms with Gasteiger partial charge in [0, 0.05) is 36.6 Å². The number of hydrogen-bond donors (Lipinski definition) is 1. The fourth-order valence-electron chi connectivity index (χ4n) is 3.75. The van der Waals surface area contributed by atoms with Gasteiger partial charge >= 0.3 is 5.97 Å². The third kappa shape index (κ3) is 5.37. The Morgan fingerprint density at radius 1 is 1.33 bits per heavy atom. The Morgan fingerprint density at radius 3 is 2.56 bits per heavy atom. The van der Waals surface area contributed by atoms with Crippen molar-refractivity contribution in [3.8, 4) is 0 Å². The molecule has 0 bridgehead atoms. The maximum Gasteiger partial charge on any atom is 0.309 e. The van der Waals surface area contributed by atoms with Gasteiger partial charge in [-0.2, -0.15) is 0 Å². The van der Waals surface area contributed by atoms with Crippen LogP contribution in [0.1, 0.15) is 38.2 Å². The average molecular weight is 550 g/mol. The van der Waals surface area contributed by atoms with Gasteiger partial charge in [-0.25, -0.2) is 0 Å². The lowest BCUT2D eigenvalue weighted by molar-refractivity contribution is -0.149. The van der Waals surface area contributed by atoms with E-state index in [4.69, 9.17) is 4.74 Å². The maximum atomic E-state index is 11.9. The molecule has 5 nitrogen and oxygen atoms in total. The van der Waals surface area contributed by atoms with Gasteiger partial charge in [-0.1, -0.05) is 34.1 Å². The van der Waals surface area contributed by atoms with Gasteiger partial charge in [0.05, 0.1) is 12.5 Å². The third-order valence-corrected chi connectivity index (χ3v) is 6.20. The molecule has 27 heavy (non-hydrogen) atoms. The molecule has 1 aliphatic heterocycles. The zero-order chi connectivity index (χ0) is 18.6. The number of benzene rings is 1. The van der Waals surface area contributed by atoms with Crippen LogP contribution in [-0.2, 0) is 14.9 Å².